The second kappa shape index (κ2) is 12.2. The van der Waals surface area contributed by atoms with E-state index in [1.54, 1.807) is 5.57 Å². The van der Waals surface area contributed by atoms with Gasteiger partial charge in [0.1, 0.15) is 0 Å². The predicted molar refractivity (Wildman–Crippen MR) is 79.1 cm³/mol. The van der Waals surface area contributed by atoms with Gasteiger partial charge in [0.25, 0.3) is 0 Å². The maximum absolute atomic E-state index is 3.65. The van der Waals surface area contributed by atoms with E-state index in [-0.39, 0.29) is 0 Å². The topological polar surface area (TPSA) is 0 Å². The zero-order valence-electron chi connectivity index (χ0n) is 12.6. The summed E-state index contributed by atoms with van der Waals surface area (Å²) >= 11 is 0. The number of unbranched alkanes of at least 4 members (excludes halogenated alkanes) is 3. The Labute approximate surface area is 110 Å². The van der Waals surface area contributed by atoms with Crippen LogP contribution in [-0.2, 0) is 0 Å². The molecule has 0 aromatic carbocycles. The average Bonchev–Trinajstić information content (AvgIpc) is 2.35. The van der Waals surface area contributed by atoms with Gasteiger partial charge in [-0.2, -0.15) is 0 Å². The first-order valence-corrected chi connectivity index (χ1v) is 7.89. The van der Waals surface area contributed by atoms with Crippen molar-refractivity contribution >= 4 is 0 Å². The largest absolute Gasteiger partial charge is 0.0654 e. The third-order valence-electron chi connectivity index (χ3n) is 3.51. The van der Waals surface area contributed by atoms with Crippen LogP contribution in [0.3, 0.4) is 0 Å². The van der Waals surface area contributed by atoms with Crippen molar-refractivity contribution in [1.29, 1.82) is 0 Å². The van der Waals surface area contributed by atoms with E-state index < -0.39 is 0 Å². The van der Waals surface area contributed by atoms with Gasteiger partial charge in [-0.1, -0.05) is 65.4 Å². The van der Waals surface area contributed by atoms with Crippen LogP contribution in [0.1, 0.15) is 91.9 Å². The Morgan fingerprint density at radius 1 is 0.824 bits per heavy atom. The molecule has 0 unspecified atom stereocenters. The van der Waals surface area contributed by atoms with Gasteiger partial charge >= 0.3 is 0 Å². The van der Waals surface area contributed by atoms with Crippen LogP contribution in [0.15, 0.2) is 5.57 Å². The molecule has 101 valence electrons. The minimum absolute atomic E-state index is 0.835. The van der Waals surface area contributed by atoms with Crippen molar-refractivity contribution in [2.75, 3.05) is 0 Å². The van der Waals surface area contributed by atoms with Crippen molar-refractivity contribution in [1.82, 2.24) is 0 Å². The summed E-state index contributed by atoms with van der Waals surface area (Å²) in [4.78, 5) is 0. The van der Waals surface area contributed by atoms with Crippen LogP contribution in [0.4, 0.5) is 0 Å². The summed E-state index contributed by atoms with van der Waals surface area (Å²) in [5, 5.41) is 0. The van der Waals surface area contributed by atoms with Crippen LogP contribution >= 0.6 is 0 Å². The third kappa shape index (κ3) is 8.46. The summed E-state index contributed by atoms with van der Waals surface area (Å²) < 4.78 is 0. The SMILES string of the molecule is CC/[C]=C(\CCCC)C(CCCC)CCCC. The summed E-state index contributed by atoms with van der Waals surface area (Å²) in [6.45, 7) is 9.12. The summed E-state index contributed by atoms with van der Waals surface area (Å²) in [5.74, 6) is 0.835. The number of rotatable bonds is 11. The molecule has 0 heterocycles. The fourth-order valence-electron chi connectivity index (χ4n) is 2.42. The van der Waals surface area contributed by atoms with Gasteiger partial charge in [-0.15, -0.1) is 0 Å². The van der Waals surface area contributed by atoms with E-state index in [1.807, 2.05) is 0 Å². The van der Waals surface area contributed by atoms with Crippen LogP contribution in [0, 0.1) is 12.0 Å². The Kier molecular flexibility index (Phi) is 12.0. The van der Waals surface area contributed by atoms with Gasteiger partial charge in [0.15, 0.2) is 0 Å². The third-order valence-corrected chi connectivity index (χ3v) is 3.51. The van der Waals surface area contributed by atoms with Crippen molar-refractivity contribution in [3.8, 4) is 0 Å². The standard InChI is InChI=1S/C17H33/c1-5-9-13-16(12-8-4)17(14-10-6-2)15-11-7-3/h17H,5-11,13-15H2,1-4H3. The second-order valence-electron chi connectivity index (χ2n) is 5.14. The minimum atomic E-state index is 0.835. The summed E-state index contributed by atoms with van der Waals surface area (Å²) in [6, 6.07) is 0. The normalized spacial score (nSPS) is 12.4. The fourth-order valence-corrected chi connectivity index (χ4v) is 2.42. The number of allylic oxidation sites excluding steroid dienone is 2. The van der Waals surface area contributed by atoms with Crippen molar-refractivity contribution < 1.29 is 0 Å². The Balaban J connectivity index is 4.37. The summed E-state index contributed by atoms with van der Waals surface area (Å²) in [6.07, 6.45) is 16.9. The zero-order chi connectivity index (χ0) is 12.9. The molecule has 0 aliphatic carbocycles. The molecule has 0 nitrogen and oxygen atoms in total. The quantitative estimate of drug-likeness (QED) is 0.395. The smallest absolute Gasteiger partial charge is 0.0197 e. The van der Waals surface area contributed by atoms with Gasteiger partial charge < -0.3 is 0 Å². The van der Waals surface area contributed by atoms with Crippen LogP contribution in [0.25, 0.3) is 0 Å². The Morgan fingerprint density at radius 2 is 1.35 bits per heavy atom. The molecular weight excluding hydrogens is 204 g/mol. The van der Waals surface area contributed by atoms with E-state index in [0.717, 1.165) is 12.3 Å². The van der Waals surface area contributed by atoms with E-state index in [4.69, 9.17) is 0 Å². The molecule has 0 rings (SSSR count). The molecule has 0 bridgehead atoms. The van der Waals surface area contributed by atoms with Gasteiger partial charge in [-0.05, 0) is 44.1 Å². The van der Waals surface area contributed by atoms with Gasteiger partial charge in [-0.25, -0.2) is 0 Å². The fraction of sp³-hybridized carbons (Fsp3) is 0.882. The van der Waals surface area contributed by atoms with E-state index >= 15 is 0 Å². The molecule has 0 saturated heterocycles. The summed E-state index contributed by atoms with van der Waals surface area (Å²) in [7, 11) is 0. The monoisotopic (exact) mass is 237 g/mol. The van der Waals surface area contributed by atoms with E-state index in [2.05, 4.69) is 33.8 Å². The lowest BCUT2D eigenvalue weighted by Crippen LogP contribution is -2.05. The molecule has 0 spiro atoms. The van der Waals surface area contributed by atoms with Crippen LogP contribution in [0.2, 0.25) is 0 Å². The highest BCUT2D eigenvalue weighted by molar-refractivity contribution is 5.02. The lowest BCUT2D eigenvalue weighted by Gasteiger charge is -2.20. The van der Waals surface area contributed by atoms with Gasteiger partial charge in [0.05, 0.1) is 0 Å². The predicted octanol–water partition coefficient (Wildman–Crippen LogP) is 6.31. The molecule has 0 fully saturated rings. The second-order valence-corrected chi connectivity index (χ2v) is 5.14. The number of hydrogen-bond donors (Lipinski definition) is 0. The minimum Gasteiger partial charge on any atom is -0.0654 e. The van der Waals surface area contributed by atoms with E-state index in [0.29, 0.717) is 0 Å². The van der Waals surface area contributed by atoms with Crippen molar-refractivity contribution in [2.24, 2.45) is 5.92 Å². The molecule has 0 aliphatic heterocycles. The van der Waals surface area contributed by atoms with Crippen molar-refractivity contribution in [2.45, 2.75) is 91.9 Å². The highest BCUT2D eigenvalue weighted by Gasteiger charge is 2.13. The Hall–Kier alpha value is -0.260. The zero-order valence-corrected chi connectivity index (χ0v) is 12.6. The van der Waals surface area contributed by atoms with Crippen LogP contribution in [-0.4, -0.2) is 0 Å². The molecule has 17 heavy (non-hydrogen) atoms. The molecule has 0 amide bonds. The summed E-state index contributed by atoms with van der Waals surface area (Å²) in [5.41, 5.74) is 1.65. The highest BCUT2D eigenvalue weighted by Crippen LogP contribution is 2.28. The van der Waals surface area contributed by atoms with E-state index in [1.165, 1.54) is 57.8 Å². The van der Waals surface area contributed by atoms with Gasteiger partial charge in [0, 0.05) is 0 Å². The lowest BCUT2D eigenvalue weighted by atomic mass is 9.85. The van der Waals surface area contributed by atoms with Crippen LogP contribution < -0.4 is 0 Å². The van der Waals surface area contributed by atoms with Crippen molar-refractivity contribution in [3.05, 3.63) is 11.6 Å². The van der Waals surface area contributed by atoms with Gasteiger partial charge in [0.2, 0.25) is 0 Å². The van der Waals surface area contributed by atoms with Gasteiger partial charge in [-0.3, -0.25) is 0 Å². The molecule has 0 saturated carbocycles. The molecule has 0 aromatic heterocycles. The average molecular weight is 237 g/mol. The molecule has 0 heteroatoms. The Bertz CT molecular complexity index is 170. The van der Waals surface area contributed by atoms with Crippen molar-refractivity contribution in [3.63, 3.8) is 0 Å². The first-order valence-electron chi connectivity index (χ1n) is 7.89. The molecule has 0 atom stereocenters. The Morgan fingerprint density at radius 3 is 1.76 bits per heavy atom. The molecule has 0 aromatic rings. The number of hydrogen-bond acceptors (Lipinski definition) is 0. The maximum atomic E-state index is 3.65. The lowest BCUT2D eigenvalue weighted by molar-refractivity contribution is 0.456. The first kappa shape index (κ1) is 16.7. The van der Waals surface area contributed by atoms with E-state index in [9.17, 15) is 0 Å². The highest BCUT2D eigenvalue weighted by atomic mass is 14.2. The molecule has 0 aliphatic rings. The van der Waals surface area contributed by atoms with Crippen LogP contribution in [0.5, 0.6) is 0 Å². The first-order chi connectivity index (χ1) is 8.29. The maximum Gasteiger partial charge on any atom is -0.0197 e. The molecule has 0 N–H and O–H groups in total. The molecule has 1 radical (unpaired) electrons. The molecular formula is C17H33.